The van der Waals surface area contributed by atoms with E-state index >= 15 is 0 Å². The number of nitrogens with zero attached hydrogens (tertiary/aromatic N) is 1. The molecule has 0 spiro atoms. The summed E-state index contributed by atoms with van der Waals surface area (Å²) in [6, 6.07) is 11.2. The fourth-order valence-corrected chi connectivity index (χ4v) is 2.33. The van der Waals surface area contributed by atoms with E-state index in [0.717, 1.165) is 21.8 Å². The summed E-state index contributed by atoms with van der Waals surface area (Å²) < 4.78 is 38.8. The maximum Gasteiger partial charge on any atom is 0.416 e. The van der Waals surface area contributed by atoms with Crippen molar-refractivity contribution >= 4 is 46.3 Å². The van der Waals surface area contributed by atoms with E-state index in [1.165, 1.54) is 12.3 Å². The molecular formula is C16H11F3IN3O2. The topological polar surface area (TPSA) is 70.6 Å². The number of alkyl halides is 3. The van der Waals surface area contributed by atoms with Gasteiger partial charge in [-0.2, -0.15) is 18.3 Å². The standard InChI is InChI=1S/C16H11F3IN3O2/c17-16(18,19)11-4-2-6-13(8-11)22-14(24)15(25)23-21-9-10-3-1-5-12(20)7-10/h1-9H,(H,22,24)(H,23,25). The largest absolute Gasteiger partial charge is 0.416 e. The molecule has 0 aliphatic heterocycles. The van der Waals surface area contributed by atoms with Crippen LogP contribution in [0, 0.1) is 3.57 Å². The first kappa shape index (κ1) is 18.9. The van der Waals surface area contributed by atoms with Gasteiger partial charge in [-0.3, -0.25) is 9.59 Å². The van der Waals surface area contributed by atoms with E-state index in [9.17, 15) is 22.8 Å². The van der Waals surface area contributed by atoms with E-state index in [1.807, 2.05) is 11.5 Å². The molecule has 0 bridgehead atoms. The van der Waals surface area contributed by atoms with Crippen LogP contribution in [-0.4, -0.2) is 18.0 Å². The molecule has 0 aromatic heterocycles. The maximum atomic E-state index is 12.6. The van der Waals surface area contributed by atoms with Gasteiger partial charge in [-0.1, -0.05) is 18.2 Å². The highest BCUT2D eigenvalue weighted by Gasteiger charge is 2.30. The third kappa shape index (κ3) is 5.85. The summed E-state index contributed by atoms with van der Waals surface area (Å²) in [6.07, 6.45) is -3.20. The number of amides is 2. The molecule has 0 radical (unpaired) electrons. The first-order chi connectivity index (χ1) is 11.8. The molecule has 2 amide bonds. The van der Waals surface area contributed by atoms with Crippen LogP contribution in [0.25, 0.3) is 0 Å². The zero-order valence-corrected chi connectivity index (χ0v) is 14.6. The molecule has 2 rings (SSSR count). The second kappa shape index (κ2) is 8.10. The van der Waals surface area contributed by atoms with Crippen molar-refractivity contribution in [1.29, 1.82) is 0 Å². The molecule has 0 saturated heterocycles. The van der Waals surface area contributed by atoms with Crippen LogP contribution in [0.4, 0.5) is 18.9 Å². The summed E-state index contributed by atoms with van der Waals surface area (Å²) in [5.74, 6) is -2.22. The van der Waals surface area contributed by atoms with Crippen LogP contribution in [0.1, 0.15) is 11.1 Å². The number of halogens is 4. The molecule has 130 valence electrons. The molecule has 0 saturated carbocycles. The number of nitrogens with one attached hydrogen (secondary N) is 2. The monoisotopic (exact) mass is 461 g/mol. The van der Waals surface area contributed by atoms with Gasteiger partial charge < -0.3 is 5.32 Å². The van der Waals surface area contributed by atoms with Crippen molar-refractivity contribution in [2.45, 2.75) is 6.18 Å². The molecule has 2 aromatic rings. The smallest absolute Gasteiger partial charge is 0.318 e. The lowest BCUT2D eigenvalue weighted by molar-refractivity contribution is -0.137. The SMILES string of the molecule is O=C(NN=Cc1cccc(I)c1)C(=O)Nc1cccc(C(F)(F)F)c1. The zero-order chi connectivity index (χ0) is 18.4. The van der Waals surface area contributed by atoms with Gasteiger partial charge in [0.15, 0.2) is 0 Å². The van der Waals surface area contributed by atoms with Gasteiger partial charge in [0, 0.05) is 9.26 Å². The molecule has 25 heavy (non-hydrogen) atoms. The van der Waals surface area contributed by atoms with Gasteiger partial charge in [0.05, 0.1) is 11.8 Å². The Labute approximate surface area is 154 Å². The number of benzene rings is 2. The maximum absolute atomic E-state index is 12.6. The number of carbonyl (C=O) groups excluding carboxylic acids is 2. The van der Waals surface area contributed by atoms with Crippen LogP contribution < -0.4 is 10.7 Å². The highest BCUT2D eigenvalue weighted by atomic mass is 127. The van der Waals surface area contributed by atoms with Gasteiger partial charge in [0.25, 0.3) is 0 Å². The Bertz CT molecular complexity index is 822. The highest BCUT2D eigenvalue weighted by Crippen LogP contribution is 2.30. The summed E-state index contributed by atoms with van der Waals surface area (Å²) in [5, 5.41) is 5.72. The van der Waals surface area contributed by atoms with Crippen LogP contribution in [0.2, 0.25) is 0 Å². The second-order valence-electron chi connectivity index (χ2n) is 4.79. The number of hydrogen-bond acceptors (Lipinski definition) is 3. The predicted molar refractivity (Wildman–Crippen MR) is 95.0 cm³/mol. The minimum atomic E-state index is -4.54. The average Bonchev–Trinajstić information content (AvgIpc) is 2.54. The Hall–Kier alpha value is -2.43. The van der Waals surface area contributed by atoms with Crippen molar-refractivity contribution in [1.82, 2.24) is 5.43 Å². The van der Waals surface area contributed by atoms with Gasteiger partial charge in [0.2, 0.25) is 0 Å². The van der Waals surface area contributed by atoms with Gasteiger partial charge in [-0.25, -0.2) is 5.43 Å². The molecule has 5 nitrogen and oxygen atoms in total. The molecule has 0 unspecified atom stereocenters. The number of hydrazone groups is 1. The molecule has 0 aliphatic carbocycles. The molecule has 0 heterocycles. The number of anilines is 1. The molecule has 2 aromatic carbocycles. The Morgan fingerprint density at radius 3 is 2.44 bits per heavy atom. The quantitative estimate of drug-likeness (QED) is 0.319. The van der Waals surface area contributed by atoms with Crippen molar-refractivity contribution in [3.05, 3.63) is 63.2 Å². The van der Waals surface area contributed by atoms with E-state index in [2.05, 4.69) is 33.0 Å². The normalized spacial score (nSPS) is 11.4. The summed E-state index contributed by atoms with van der Waals surface area (Å²) in [4.78, 5) is 23.3. The first-order valence-corrected chi connectivity index (χ1v) is 7.91. The third-order valence-corrected chi connectivity index (χ3v) is 3.55. The molecule has 0 fully saturated rings. The zero-order valence-electron chi connectivity index (χ0n) is 12.5. The van der Waals surface area contributed by atoms with E-state index in [1.54, 1.807) is 18.2 Å². The van der Waals surface area contributed by atoms with Crippen LogP contribution in [0.3, 0.4) is 0 Å². The first-order valence-electron chi connectivity index (χ1n) is 6.83. The van der Waals surface area contributed by atoms with Gasteiger partial charge in [0.1, 0.15) is 0 Å². The van der Waals surface area contributed by atoms with Crippen LogP contribution in [0.15, 0.2) is 53.6 Å². The lowest BCUT2D eigenvalue weighted by atomic mass is 10.2. The number of hydrogen-bond donors (Lipinski definition) is 2. The summed E-state index contributed by atoms with van der Waals surface area (Å²) >= 11 is 2.11. The fraction of sp³-hybridized carbons (Fsp3) is 0.0625. The third-order valence-electron chi connectivity index (χ3n) is 2.88. The lowest BCUT2D eigenvalue weighted by Crippen LogP contribution is -2.32. The number of rotatable bonds is 3. The summed E-state index contributed by atoms with van der Waals surface area (Å²) in [6.45, 7) is 0. The predicted octanol–water partition coefficient (Wildman–Crippen LogP) is 3.40. The van der Waals surface area contributed by atoms with Crippen LogP contribution in [0.5, 0.6) is 0 Å². The van der Waals surface area contributed by atoms with Crippen LogP contribution >= 0.6 is 22.6 Å². The highest BCUT2D eigenvalue weighted by molar-refractivity contribution is 14.1. The fourth-order valence-electron chi connectivity index (χ4n) is 1.76. The molecular weight excluding hydrogens is 450 g/mol. The molecule has 9 heteroatoms. The summed E-state index contributed by atoms with van der Waals surface area (Å²) in [5.41, 5.74) is 1.65. The number of carbonyl (C=O) groups is 2. The minimum Gasteiger partial charge on any atom is -0.318 e. The van der Waals surface area contributed by atoms with E-state index in [-0.39, 0.29) is 5.69 Å². The second-order valence-corrected chi connectivity index (χ2v) is 6.03. The summed E-state index contributed by atoms with van der Waals surface area (Å²) in [7, 11) is 0. The Balaban J connectivity index is 1.95. The molecule has 2 N–H and O–H groups in total. The lowest BCUT2D eigenvalue weighted by Gasteiger charge is -2.09. The Morgan fingerprint density at radius 2 is 1.76 bits per heavy atom. The van der Waals surface area contributed by atoms with E-state index < -0.39 is 23.6 Å². The van der Waals surface area contributed by atoms with Crippen molar-refractivity contribution in [3.63, 3.8) is 0 Å². The van der Waals surface area contributed by atoms with Gasteiger partial charge in [-0.15, -0.1) is 0 Å². The van der Waals surface area contributed by atoms with E-state index in [0.29, 0.717) is 5.56 Å². The Kier molecular flexibility index (Phi) is 6.12. The van der Waals surface area contributed by atoms with Crippen molar-refractivity contribution in [3.8, 4) is 0 Å². The van der Waals surface area contributed by atoms with Crippen molar-refractivity contribution < 1.29 is 22.8 Å². The van der Waals surface area contributed by atoms with Crippen molar-refractivity contribution in [2.75, 3.05) is 5.32 Å². The van der Waals surface area contributed by atoms with Crippen molar-refractivity contribution in [2.24, 2.45) is 5.10 Å². The van der Waals surface area contributed by atoms with E-state index in [4.69, 9.17) is 0 Å². The average molecular weight is 461 g/mol. The minimum absolute atomic E-state index is 0.142. The molecule has 0 atom stereocenters. The van der Waals surface area contributed by atoms with Gasteiger partial charge >= 0.3 is 18.0 Å². The van der Waals surface area contributed by atoms with Gasteiger partial charge in [-0.05, 0) is 58.5 Å². The van der Waals surface area contributed by atoms with Crippen LogP contribution in [-0.2, 0) is 15.8 Å². The Morgan fingerprint density at radius 1 is 1.04 bits per heavy atom. The molecule has 0 aliphatic rings.